The molecule has 0 atom stereocenters. The van der Waals surface area contributed by atoms with Crippen LogP contribution in [0, 0.1) is 0 Å². The van der Waals surface area contributed by atoms with Crippen LogP contribution in [0.25, 0.3) is 0 Å². The Hall–Kier alpha value is -3.87. The fourth-order valence-electron chi connectivity index (χ4n) is 2.95. The summed E-state index contributed by atoms with van der Waals surface area (Å²) in [5.41, 5.74) is 3.35. The highest BCUT2D eigenvalue weighted by atomic mass is 16.7. The third-order valence-corrected chi connectivity index (χ3v) is 4.45. The fraction of sp³-hybridized carbons (Fsp3) is 0.136. The number of ketones is 1. The van der Waals surface area contributed by atoms with Crippen molar-refractivity contribution >= 4 is 23.1 Å². The van der Waals surface area contributed by atoms with E-state index in [9.17, 15) is 9.59 Å². The minimum Gasteiger partial charge on any atom is -0.454 e. The molecule has 1 aromatic heterocycles. The van der Waals surface area contributed by atoms with Crippen LogP contribution in [0.3, 0.4) is 0 Å². The molecule has 29 heavy (non-hydrogen) atoms. The summed E-state index contributed by atoms with van der Waals surface area (Å²) in [5.74, 6) is 1.13. The summed E-state index contributed by atoms with van der Waals surface area (Å²) in [6.45, 7) is 2.09. The van der Waals surface area contributed by atoms with Gasteiger partial charge in [0, 0.05) is 24.0 Å². The largest absolute Gasteiger partial charge is 0.454 e. The standard InChI is InChI=1S/C22H19N3O4/c1-14(26)16-3-2-4-18(8-16)25-19-9-17(11-23-12-19)22(27)24-10-15-5-6-20-21(7-15)29-13-28-20/h2-9,11-12,25H,10,13H2,1H3,(H,24,27). The van der Waals surface area contributed by atoms with Crippen LogP contribution in [0.4, 0.5) is 11.4 Å². The van der Waals surface area contributed by atoms with Crippen molar-refractivity contribution in [1.29, 1.82) is 0 Å². The Balaban J connectivity index is 1.42. The molecule has 7 nitrogen and oxygen atoms in total. The summed E-state index contributed by atoms with van der Waals surface area (Å²) in [6.07, 6.45) is 3.13. The van der Waals surface area contributed by atoms with Crippen LogP contribution in [0.15, 0.2) is 60.9 Å². The Morgan fingerprint density at radius 3 is 2.66 bits per heavy atom. The number of nitrogens with zero attached hydrogens (tertiary/aromatic N) is 1. The molecule has 0 saturated carbocycles. The van der Waals surface area contributed by atoms with Crippen molar-refractivity contribution in [1.82, 2.24) is 10.3 Å². The molecule has 0 radical (unpaired) electrons. The first-order valence-electron chi connectivity index (χ1n) is 9.08. The van der Waals surface area contributed by atoms with E-state index >= 15 is 0 Å². The van der Waals surface area contributed by atoms with E-state index in [0.717, 1.165) is 11.3 Å². The lowest BCUT2D eigenvalue weighted by molar-refractivity contribution is 0.0949. The van der Waals surface area contributed by atoms with Gasteiger partial charge in [0.2, 0.25) is 6.79 Å². The number of benzene rings is 2. The Labute approximate surface area is 167 Å². The molecule has 146 valence electrons. The van der Waals surface area contributed by atoms with Crippen LogP contribution in [-0.4, -0.2) is 23.5 Å². The Bertz CT molecular complexity index is 1080. The van der Waals surface area contributed by atoms with Gasteiger partial charge in [-0.3, -0.25) is 14.6 Å². The second-order valence-electron chi connectivity index (χ2n) is 6.59. The van der Waals surface area contributed by atoms with Gasteiger partial charge in [0.25, 0.3) is 5.91 Å². The number of ether oxygens (including phenoxy) is 2. The van der Waals surface area contributed by atoms with Gasteiger partial charge in [-0.15, -0.1) is 0 Å². The van der Waals surface area contributed by atoms with Gasteiger partial charge in [-0.25, -0.2) is 0 Å². The molecule has 0 aliphatic carbocycles. The number of Topliss-reactive ketones (excluding diaryl/α,β-unsaturated/α-hetero) is 1. The van der Waals surface area contributed by atoms with Gasteiger partial charge in [-0.2, -0.15) is 0 Å². The number of carbonyl (C=O) groups excluding carboxylic acids is 2. The van der Waals surface area contributed by atoms with Gasteiger partial charge >= 0.3 is 0 Å². The highest BCUT2D eigenvalue weighted by molar-refractivity contribution is 5.96. The van der Waals surface area contributed by atoms with Crippen molar-refractivity contribution in [3.63, 3.8) is 0 Å². The van der Waals surface area contributed by atoms with Crippen molar-refractivity contribution < 1.29 is 19.1 Å². The highest BCUT2D eigenvalue weighted by Gasteiger charge is 2.14. The molecule has 2 heterocycles. The number of hydrogen-bond acceptors (Lipinski definition) is 6. The lowest BCUT2D eigenvalue weighted by atomic mass is 10.1. The van der Waals surface area contributed by atoms with Gasteiger partial charge in [0.05, 0.1) is 17.4 Å². The zero-order valence-electron chi connectivity index (χ0n) is 15.8. The number of pyridine rings is 1. The molecule has 0 spiro atoms. The van der Waals surface area contributed by atoms with Crippen molar-refractivity contribution in [2.75, 3.05) is 12.1 Å². The Morgan fingerprint density at radius 2 is 1.79 bits per heavy atom. The average molecular weight is 389 g/mol. The molecular formula is C22H19N3O4. The minimum absolute atomic E-state index is 0.0107. The molecule has 0 fully saturated rings. The predicted molar refractivity (Wildman–Crippen MR) is 108 cm³/mol. The van der Waals surface area contributed by atoms with Gasteiger partial charge in [0.1, 0.15) is 0 Å². The van der Waals surface area contributed by atoms with E-state index in [1.165, 1.54) is 13.1 Å². The van der Waals surface area contributed by atoms with E-state index in [4.69, 9.17) is 9.47 Å². The molecule has 0 bridgehead atoms. The number of fused-ring (bicyclic) bond motifs is 1. The third-order valence-electron chi connectivity index (χ3n) is 4.45. The van der Waals surface area contributed by atoms with Crippen LogP contribution in [0.2, 0.25) is 0 Å². The summed E-state index contributed by atoms with van der Waals surface area (Å²) >= 11 is 0. The molecule has 7 heteroatoms. The number of carbonyl (C=O) groups is 2. The van der Waals surface area contributed by atoms with Gasteiger partial charge in [-0.1, -0.05) is 18.2 Å². The summed E-state index contributed by atoms with van der Waals surface area (Å²) in [4.78, 5) is 28.2. The molecule has 4 rings (SSSR count). The van der Waals surface area contributed by atoms with Crippen LogP contribution in [0.5, 0.6) is 11.5 Å². The molecule has 1 aliphatic rings. The molecule has 0 unspecified atom stereocenters. The zero-order valence-corrected chi connectivity index (χ0v) is 15.8. The second-order valence-corrected chi connectivity index (χ2v) is 6.59. The smallest absolute Gasteiger partial charge is 0.253 e. The van der Waals surface area contributed by atoms with Crippen molar-refractivity contribution in [3.05, 3.63) is 77.6 Å². The van der Waals surface area contributed by atoms with Crippen LogP contribution < -0.4 is 20.1 Å². The number of hydrogen-bond donors (Lipinski definition) is 2. The monoisotopic (exact) mass is 389 g/mol. The van der Waals surface area contributed by atoms with E-state index < -0.39 is 0 Å². The second kappa shape index (κ2) is 8.02. The molecule has 1 aliphatic heterocycles. The van der Waals surface area contributed by atoms with Gasteiger partial charge in [-0.05, 0) is 42.8 Å². The Morgan fingerprint density at radius 1 is 0.966 bits per heavy atom. The maximum Gasteiger partial charge on any atom is 0.253 e. The van der Waals surface area contributed by atoms with Gasteiger partial charge in [0.15, 0.2) is 17.3 Å². The average Bonchev–Trinajstić information content (AvgIpc) is 3.20. The summed E-state index contributed by atoms with van der Waals surface area (Å²) in [6, 6.07) is 14.4. The quantitative estimate of drug-likeness (QED) is 0.625. The van der Waals surface area contributed by atoms with Crippen LogP contribution in [-0.2, 0) is 6.54 Å². The first kappa shape index (κ1) is 18.5. The van der Waals surface area contributed by atoms with E-state index in [2.05, 4.69) is 15.6 Å². The third kappa shape index (κ3) is 4.35. The zero-order chi connectivity index (χ0) is 20.2. The van der Waals surface area contributed by atoms with E-state index in [1.54, 1.807) is 30.5 Å². The Kier molecular flexibility index (Phi) is 5.11. The molecule has 1 amide bonds. The first-order valence-corrected chi connectivity index (χ1v) is 9.08. The molecule has 3 aromatic rings. The van der Waals surface area contributed by atoms with Crippen molar-refractivity contribution in [3.8, 4) is 11.5 Å². The van der Waals surface area contributed by atoms with Gasteiger partial charge < -0.3 is 20.1 Å². The van der Waals surface area contributed by atoms with Crippen LogP contribution >= 0.6 is 0 Å². The molecular weight excluding hydrogens is 370 g/mol. The van der Waals surface area contributed by atoms with E-state index in [-0.39, 0.29) is 18.5 Å². The number of nitrogens with one attached hydrogen (secondary N) is 2. The van der Waals surface area contributed by atoms with Crippen LogP contribution in [0.1, 0.15) is 33.2 Å². The lowest BCUT2D eigenvalue weighted by Gasteiger charge is -2.10. The highest BCUT2D eigenvalue weighted by Crippen LogP contribution is 2.32. The van der Waals surface area contributed by atoms with Crippen molar-refractivity contribution in [2.24, 2.45) is 0 Å². The number of aromatic nitrogens is 1. The molecule has 2 aromatic carbocycles. The van der Waals surface area contributed by atoms with Crippen molar-refractivity contribution in [2.45, 2.75) is 13.5 Å². The van der Waals surface area contributed by atoms with E-state index in [0.29, 0.717) is 34.9 Å². The SMILES string of the molecule is CC(=O)c1cccc(Nc2cncc(C(=O)NCc3ccc4c(c3)OCO4)c2)c1. The summed E-state index contributed by atoms with van der Waals surface area (Å²) in [7, 11) is 0. The maximum absolute atomic E-state index is 12.5. The summed E-state index contributed by atoms with van der Waals surface area (Å²) in [5, 5.41) is 6.05. The number of rotatable bonds is 6. The lowest BCUT2D eigenvalue weighted by Crippen LogP contribution is -2.23. The first-order chi connectivity index (χ1) is 14.1. The molecule has 0 saturated heterocycles. The fourth-order valence-corrected chi connectivity index (χ4v) is 2.95. The normalized spacial score (nSPS) is 11.8. The number of amides is 1. The van der Waals surface area contributed by atoms with E-state index in [1.807, 2.05) is 24.3 Å². The minimum atomic E-state index is -0.240. The topological polar surface area (TPSA) is 89.6 Å². The summed E-state index contributed by atoms with van der Waals surface area (Å²) < 4.78 is 10.6. The predicted octanol–water partition coefficient (Wildman–Crippen LogP) is 3.69. The number of anilines is 2. The maximum atomic E-state index is 12.5. The molecule has 2 N–H and O–H groups in total.